The Morgan fingerprint density at radius 1 is 1.58 bits per heavy atom. The molecule has 2 N–H and O–H groups in total. The standard InChI is InChI=1S/C8H17NO3/c1-6(9-11)7(10)12-5-8(2,3)4/h6,9,11H,5H2,1-4H3/t6-/m0/s1. The highest BCUT2D eigenvalue weighted by atomic mass is 16.5. The third kappa shape index (κ3) is 5.09. The summed E-state index contributed by atoms with van der Waals surface area (Å²) in [5.41, 5.74) is 1.79. The van der Waals surface area contributed by atoms with Gasteiger partial charge in [-0.2, -0.15) is 5.48 Å². The molecule has 0 aromatic heterocycles. The Bertz CT molecular complexity index is 151. The van der Waals surface area contributed by atoms with Crippen molar-refractivity contribution < 1.29 is 14.7 Å². The smallest absolute Gasteiger partial charge is 0.325 e. The van der Waals surface area contributed by atoms with Crippen LogP contribution in [0.5, 0.6) is 0 Å². The van der Waals surface area contributed by atoms with Crippen LogP contribution in [-0.2, 0) is 9.53 Å². The number of rotatable bonds is 3. The third-order valence-corrected chi connectivity index (χ3v) is 1.19. The van der Waals surface area contributed by atoms with Gasteiger partial charge in [0.15, 0.2) is 0 Å². The number of esters is 1. The monoisotopic (exact) mass is 175 g/mol. The van der Waals surface area contributed by atoms with E-state index in [0.29, 0.717) is 6.61 Å². The van der Waals surface area contributed by atoms with Crippen molar-refractivity contribution in [3.05, 3.63) is 0 Å². The molecule has 1 atom stereocenters. The quantitative estimate of drug-likeness (QED) is 0.495. The summed E-state index contributed by atoms with van der Waals surface area (Å²) < 4.78 is 4.90. The Morgan fingerprint density at radius 3 is 2.42 bits per heavy atom. The largest absolute Gasteiger partial charge is 0.464 e. The van der Waals surface area contributed by atoms with Gasteiger partial charge < -0.3 is 9.94 Å². The van der Waals surface area contributed by atoms with Crippen LogP contribution in [0.4, 0.5) is 0 Å². The molecule has 0 rings (SSSR count). The fourth-order valence-corrected chi connectivity index (χ4v) is 0.465. The number of ether oxygens (including phenoxy) is 1. The normalized spacial score (nSPS) is 14.1. The van der Waals surface area contributed by atoms with Gasteiger partial charge in [0.25, 0.3) is 0 Å². The van der Waals surface area contributed by atoms with E-state index < -0.39 is 12.0 Å². The van der Waals surface area contributed by atoms with Crippen LogP contribution in [0, 0.1) is 5.41 Å². The summed E-state index contributed by atoms with van der Waals surface area (Å²) in [4.78, 5) is 11.0. The van der Waals surface area contributed by atoms with Crippen LogP contribution < -0.4 is 5.48 Å². The van der Waals surface area contributed by atoms with Gasteiger partial charge in [0.05, 0.1) is 6.61 Å². The molecule has 0 amide bonds. The molecule has 4 heteroatoms. The predicted octanol–water partition coefficient (Wildman–Crippen LogP) is 0.943. The van der Waals surface area contributed by atoms with Crippen molar-refractivity contribution in [3.8, 4) is 0 Å². The van der Waals surface area contributed by atoms with Crippen LogP contribution in [0.1, 0.15) is 27.7 Å². The topological polar surface area (TPSA) is 58.6 Å². The molecule has 0 radical (unpaired) electrons. The van der Waals surface area contributed by atoms with Crippen molar-refractivity contribution in [1.29, 1.82) is 0 Å². The summed E-state index contributed by atoms with van der Waals surface area (Å²) in [5, 5.41) is 8.38. The lowest BCUT2D eigenvalue weighted by molar-refractivity contribution is -0.151. The molecule has 0 heterocycles. The number of carbonyl (C=O) groups is 1. The molecule has 0 saturated carbocycles. The molecule has 0 fully saturated rings. The molecule has 4 nitrogen and oxygen atoms in total. The van der Waals surface area contributed by atoms with E-state index in [1.54, 1.807) is 0 Å². The van der Waals surface area contributed by atoms with Crippen molar-refractivity contribution in [2.24, 2.45) is 5.41 Å². The Balaban J connectivity index is 3.72. The average molecular weight is 175 g/mol. The summed E-state index contributed by atoms with van der Waals surface area (Å²) in [7, 11) is 0. The first-order chi connectivity index (χ1) is 5.37. The molecule has 0 saturated heterocycles. The highest BCUT2D eigenvalue weighted by Gasteiger charge is 2.17. The third-order valence-electron chi connectivity index (χ3n) is 1.19. The molecule has 72 valence electrons. The van der Waals surface area contributed by atoms with Crippen LogP contribution in [-0.4, -0.2) is 23.8 Å². The van der Waals surface area contributed by atoms with E-state index in [1.165, 1.54) is 6.92 Å². The summed E-state index contributed by atoms with van der Waals surface area (Å²) in [6.07, 6.45) is 0. The Hall–Kier alpha value is -0.610. The van der Waals surface area contributed by atoms with Gasteiger partial charge in [-0.1, -0.05) is 20.8 Å². The molecule has 0 bridgehead atoms. The van der Waals surface area contributed by atoms with E-state index in [0.717, 1.165) is 0 Å². The number of nitrogens with one attached hydrogen (secondary N) is 1. The fraction of sp³-hybridized carbons (Fsp3) is 0.875. The zero-order valence-corrected chi connectivity index (χ0v) is 8.05. The minimum atomic E-state index is -0.660. The number of carbonyl (C=O) groups excluding carboxylic acids is 1. The minimum Gasteiger partial charge on any atom is -0.464 e. The van der Waals surface area contributed by atoms with Crippen LogP contribution >= 0.6 is 0 Å². The molecule has 0 aromatic rings. The Labute approximate surface area is 72.9 Å². The molecular weight excluding hydrogens is 158 g/mol. The van der Waals surface area contributed by atoms with E-state index in [2.05, 4.69) is 0 Å². The van der Waals surface area contributed by atoms with Gasteiger partial charge in [-0.25, -0.2) is 0 Å². The molecule has 12 heavy (non-hydrogen) atoms. The highest BCUT2D eigenvalue weighted by molar-refractivity contribution is 5.75. The van der Waals surface area contributed by atoms with E-state index >= 15 is 0 Å². The van der Waals surface area contributed by atoms with Crippen LogP contribution in [0.25, 0.3) is 0 Å². The van der Waals surface area contributed by atoms with Gasteiger partial charge in [0, 0.05) is 0 Å². The summed E-state index contributed by atoms with van der Waals surface area (Å²) in [6.45, 7) is 7.80. The van der Waals surface area contributed by atoms with E-state index in [4.69, 9.17) is 9.94 Å². The van der Waals surface area contributed by atoms with E-state index in [9.17, 15) is 4.79 Å². The summed E-state index contributed by atoms with van der Waals surface area (Å²) >= 11 is 0. The van der Waals surface area contributed by atoms with Crippen LogP contribution in [0.2, 0.25) is 0 Å². The van der Waals surface area contributed by atoms with Gasteiger partial charge >= 0.3 is 5.97 Å². The number of hydrogen-bond acceptors (Lipinski definition) is 4. The zero-order valence-electron chi connectivity index (χ0n) is 8.05. The van der Waals surface area contributed by atoms with Crippen molar-refractivity contribution in [2.45, 2.75) is 33.7 Å². The first-order valence-electron chi connectivity index (χ1n) is 3.93. The molecule has 0 aromatic carbocycles. The second-order valence-corrected chi connectivity index (χ2v) is 4.02. The van der Waals surface area contributed by atoms with Crippen molar-refractivity contribution in [2.75, 3.05) is 6.61 Å². The fourth-order valence-electron chi connectivity index (χ4n) is 0.465. The Morgan fingerprint density at radius 2 is 2.08 bits per heavy atom. The second kappa shape index (κ2) is 4.42. The van der Waals surface area contributed by atoms with Gasteiger partial charge in [-0.3, -0.25) is 4.79 Å². The summed E-state index contributed by atoms with van der Waals surface area (Å²) in [5.74, 6) is -0.438. The lowest BCUT2D eigenvalue weighted by Crippen LogP contribution is -2.34. The maximum absolute atomic E-state index is 11.0. The van der Waals surface area contributed by atoms with Gasteiger partial charge in [0.2, 0.25) is 0 Å². The van der Waals surface area contributed by atoms with E-state index in [-0.39, 0.29) is 5.41 Å². The van der Waals surface area contributed by atoms with Crippen LogP contribution in [0.15, 0.2) is 0 Å². The highest BCUT2D eigenvalue weighted by Crippen LogP contribution is 2.12. The number of hydroxylamine groups is 1. The Kier molecular flexibility index (Phi) is 4.20. The number of hydrogen-bond donors (Lipinski definition) is 2. The van der Waals surface area contributed by atoms with Crippen molar-refractivity contribution >= 4 is 5.97 Å². The van der Waals surface area contributed by atoms with Crippen LogP contribution in [0.3, 0.4) is 0 Å². The SMILES string of the molecule is C[C@H](NO)C(=O)OCC(C)(C)C. The van der Waals surface area contributed by atoms with Gasteiger partial charge in [-0.15, -0.1) is 0 Å². The molecule has 0 unspecified atom stereocenters. The summed E-state index contributed by atoms with van der Waals surface area (Å²) in [6, 6.07) is -0.660. The zero-order chi connectivity index (χ0) is 9.78. The maximum Gasteiger partial charge on any atom is 0.325 e. The average Bonchev–Trinajstić information content (AvgIpc) is 1.97. The first kappa shape index (κ1) is 11.4. The second-order valence-electron chi connectivity index (χ2n) is 4.02. The lowest BCUT2D eigenvalue weighted by Gasteiger charge is -2.19. The molecule has 0 aliphatic rings. The maximum atomic E-state index is 11.0. The van der Waals surface area contributed by atoms with Gasteiger partial charge in [-0.05, 0) is 12.3 Å². The predicted molar refractivity (Wildman–Crippen MR) is 44.8 cm³/mol. The first-order valence-corrected chi connectivity index (χ1v) is 3.93. The molecular formula is C8H17NO3. The minimum absolute atomic E-state index is 0.0369. The molecule has 0 spiro atoms. The van der Waals surface area contributed by atoms with E-state index in [1.807, 2.05) is 26.3 Å². The van der Waals surface area contributed by atoms with Crippen molar-refractivity contribution in [3.63, 3.8) is 0 Å². The van der Waals surface area contributed by atoms with Crippen molar-refractivity contribution in [1.82, 2.24) is 5.48 Å². The van der Waals surface area contributed by atoms with Gasteiger partial charge in [0.1, 0.15) is 6.04 Å². The lowest BCUT2D eigenvalue weighted by atomic mass is 9.99. The molecule has 0 aliphatic heterocycles. The molecule has 0 aliphatic carbocycles.